The molecule has 0 N–H and O–H groups in total. The molecule has 0 aliphatic carbocycles. The minimum absolute atomic E-state index is 0.276. The molecule has 0 amide bonds. The first-order chi connectivity index (χ1) is 15.4. The largest absolute Gasteiger partial charge is 0.332 e. The van der Waals surface area contributed by atoms with Gasteiger partial charge in [-0.15, -0.1) is 11.8 Å². The SMILES string of the molecule is C/C=C\SC(C1=NCC(C(/C=C\CC(C)F)=NC)=C2CC(CC(=O)CC)CN12)C(C)CC. The van der Waals surface area contributed by atoms with Gasteiger partial charge < -0.3 is 4.90 Å². The van der Waals surface area contributed by atoms with Crippen LogP contribution in [0.5, 0.6) is 0 Å². The van der Waals surface area contributed by atoms with E-state index in [4.69, 9.17) is 4.99 Å². The maximum Gasteiger partial charge on any atom is 0.132 e. The third-order valence-corrected chi connectivity index (χ3v) is 7.64. The number of hydrogen-bond acceptors (Lipinski definition) is 5. The number of ketones is 1. The van der Waals surface area contributed by atoms with Gasteiger partial charge in [0.05, 0.1) is 17.5 Å². The van der Waals surface area contributed by atoms with Gasteiger partial charge in [0.2, 0.25) is 0 Å². The Kier molecular flexibility index (Phi) is 10.9. The summed E-state index contributed by atoms with van der Waals surface area (Å²) in [6, 6.07) is 0. The lowest BCUT2D eigenvalue weighted by molar-refractivity contribution is -0.119. The number of carbonyl (C=O) groups excluding carboxylic acids is 1. The quantitative estimate of drug-likeness (QED) is 0.316. The van der Waals surface area contributed by atoms with Crippen molar-refractivity contribution in [1.82, 2.24) is 4.90 Å². The first-order valence-corrected chi connectivity index (χ1v) is 12.9. The van der Waals surface area contributed by atoms with E-state index in [1.807, 2.05) is 37.8 Å². The predicted octanol–water partition coefficient (Wildman–Crippen LogP) is 6.40. The van der Waals surface area contributed by atoms with E-state index in [0.29, 0.717) is 43.4 Å². The van der Waals surface area contributed by atoms with E-state index in [9.17, 15) is 9.18 Å². The van der Waals surface area contributed by atoms with Crippen LogP contribution in [0.4, 0.5) is 4.39 Å². The number of rotatable bonds is 12. The number of fused-ring (bicyclic) bond motifs is 1. The summed E-state index contributed by atoms with van der Waals surface area (Å²) in [7, 11) is 1.78. The average Bonchev–Trinajstić information content (AvgIpc) is 3.20. The highest BCUT2D eigenvalue weighted by Gasteiger charge is 2.39. The molecule has 1 fully saturated rings. The van der Waals surface area contributed by atoms with Crippen LogP contribution < -0.4 is 0 Å². The maximum atomic E-state index is 13.3. The fourth-order valence-electron chi connectivity index (χ4n) is 4.25. The summed E-state index contributed by atoms with van der Waals surface area (Å²) in [5, 5.41) is 2.44. The van der Waals surface area contributed by atoms with Gasteiger partial charge in [-0.3, -0.25) is 14.8 Å². The second kappa shape index (κ2) is 13.1. The number of hydrogen-bond donors (Lipinski definition) is 0. The molecule has 2 rings (SSSR count). The topological polar surface area (TPSA) is 45.0 Å². The first-order valence-electron chi connectivity index (χ1n) is 12.0. The molecule has 0 aromatic rings. The van der Waals surface area contributed by atoms with Gasteiger partial charge in [0.1, 0.15) is 17.8 Å². The van der Waals surface area contributed by atoms with Gasteiger partial charge in [-0.05, 0) is 50.0 Å². The number of alkyl halides is 1. The van der Waals surface area contributed by atoms with Crippen molar-refractivity contribution in [3.05, 3.63) is 34.9 Å². The molecule has 2 heterocycles. The van der Waals surface area contributed by atoms with Crippen molar-refractivity contribution in [2.45, 2.75) is 78.1 Å². The summed E-state index contributed by atoms with van der Waals surface area (Å²) in [5.41, 5.74) is 3.23. The lowest BCUT2D eigenvalue weighted by Gasteiger charge is -2.35. The summed E-state index contributed by atoms with van der Waals surface area (Å²) in [4.78, 5) is 24.2. The summed E-state index contributed by atoms with van der Waals surface area (Å²) in [5.74, 6) is 2.23. The van der Waals surface area contributed by atoms with Gasteiger partial charge in [0, 0.05) is 37.7 Å². The highest BCUT2D eigenvalue weighted by atomic mass is 32.2. The van der Waals surface area contributed by atoms with Crippen LogP contribution in [0, 0.1) is 11.8 Å². The Morgan fingerprint density at radius 1 is 1.38 bits per heavy atom. The second-order valence-electron chi connectivity index (χ2n) is 8.82. The molecule has 0 saturated carbocycles. The highest BCUT2D eigenvalue weighted by molar-refractivity contribution is 8.03. The summed E-state index contributed by atoms with van der Waals surface area (Å²) in [6.45, 7) is 11.5. The highest BCUT2D eigenvalue weighted by Crippen LogP contribution is 2.38. The minimum atomic E-state index is -0.870. The van der Waals surface area contributed by atoms with Gasteiger partial charge in [-0.2, -0.15) is 0 Å². The van der Waals surface area contributed by atoms with Crippen LogP contribution in [0.25, 0.3) is 0 Å². The van der Waals surface area contributed by atoms with Crippen molar-refractivity contribution in [3.8, 4) is 0 Å². The second-order valence-corrected chi connectivity index (χ2v) is 9.87. The van der Waals surface area contributed by atoms with Crippen molar-refractivity contribution >= 4 is 29.1 Å². The normalized spacial score (nSPS) is 22.5. The Bertz CT molecular complexity index is 797. The maximum absolute atomic E-state index is 13.3. The predicted molar refractivity (Wildman–Crippen MR) is 137 cm³/mol. The van der Waals surface area contributed by atoms with E-state index in [2.05, 4.69) is 35.2 Å². The molecule has 178 valence electrons. The molecule has 2 aliphatic heterocycles. The molecular formula is C26H40FN3OS. The molecule has 4 atom stereocenters. The number of nitrogens with zero attached hydrogens (tertiary/aromatic N) is 3. The third kappa shape index (κ3) is 6.90. The first kappa shape index (κ1) is 26.6. The van der Waals surface area contributed by atoms with Crippen molar-refractivity contribution in [2.24, 2.45) is 21.8 Å². The average molecular weight is 462 g/mol. The van der Waals surface area contributed by atoms with Crippen LogP contribution in [-0.2, 0) is 4.79 Å². The molecule has 4 nitrogen and oxygen atoms in total. The number of aliphatic imine (C=N–C) groups is 2. The number of Topliss-reactive ketones (excluding diaryl/α,β-unsaturated/α-hetero) is 1. The van der Waals surface area contributed by atoms with Crippen molar-refractivity contribution in [3.63, 3.8) is 0 Å². The molecule has 32 heavy (non-hydrogen) atoms. The van der Waals surface area contributed by atoms with E-state index < -0.39 is 6.17 Å². The summed E-state index contributed by atoms with van der Waals surface area (Å²) < 4.78 is 13.3. The zero-order chi connectivity index (χ0) is 23.7. The van der Waals surface area contributed by atoms with Gasteiger partial charge >= 0.3 is 0 Å². The molecule has 0 spiro atoms. The van der Waals surface area contributed by atoms with Crippen LogP contribution >= 0.6 is 11.8 Å². The Morgan fingerprint density at radius 2 is 2.12 bits per heavy atom. The zero-order valence-corrected chi connectivity index (χ0v) is 21.4. The van der Waals surface area contributed by atoms with Crippen molar-refractivity contribution < 1.29 is 9.18 Å². The van der Waals surface area contributed by atoms with E-state index in [1.165, 1.54) is 5.70 Å². The van der Waals surface area contributed by atoms with E-state index >= 15 is 0 Å². The number of amidine groups is 1. The molecule has 0 aromatic carbocycles. The Hall–Kier alpha value is -1.69. The standard InChI is InChI=1S/C26H40FN3OS/c1-7-13-32-25(18(4)8-2)26-29-16-22(23(28-6)12-10-11-19(5)27)24-15-20(17-30(24)26)14-21(31)9-3/h7,10,12-13,18-20,25H,8-9,11,14-17H2,1-6H3/b12-10-,13-7-,28-23?. The Morgan fingerprint density at radius 3 is 2.72 bits per heavy atom. The molecule has 2 aliphatic rings. The van der Waals surface area contributed by atoms with Crippen molar-refractivity contribution in [2.75, 3.05) is 20.1 Å². The van der Waals surface area contributed by atoms with E-state index in [-0.39, 0.29) is 5.25 Å². The van der Waals surface area contributed by atoms with Crippen LogP contribution in [-0.4, -0.2) is 53.8 Å². The number of carbonyl (C=O) groups is 1. The Labute approximate surface area is 198 Å². The van der Waals surface area contributed by atoms with Gasteiger partial charge in [0.15, 0.2) is 0 Å². The summed E-state index contributed by atoms with van der Waals surface area (Å²) >= 11 is 1.83. The molecule has 0 aromatic heterocycles. The lowest BCUT2D eigenvalue weighted by atomic mass is 9.96. The molecule has 6 heteroatoms. The van der Waals surface area contributed by atoms with E-state index in [1.54, 1.807) is 14.0 Å². The Balaban J connectivity index is 2.42. The van der Waals surface area contributed by atoms with Gasteiger partial charge in [0.25, 0.3) is 0 Å². The fraction of sp³-hybridized carbons (Fsp3) is 0.654. The minimum Gasteiger partial charge on any atom is -0.332 e. The third-order valence-electron chi connectivity index (χ3n) is 6.25. The smallest absolute Gasteiger partial charge is 0.132 e. The number of thioether (sulfide) groups is 1. The number of halogens is 1. The van der Waals surface area contributed by atoms with Crippen LogP contribution in [0.3, 0.4) is 0 Å². The number of allylic oxidation sites excluding steroid dienone is 4. The summed E-state index contributed by atoms with van der Waals surface area (Å²) in [6.07, 6.45) is 8.53. The van der Waals surface area contributed by atoms with E-state index in [0.717, 1.165) is 36.5 Å². The zero-order valence-electron chi connectivity index (χ0n) is 20.6. The molecule has 0 bridgehead atoms. The monoisotopic (exact) mass is 461 g/mol. The van der Waals surface area contributed by atoms with Gasteiger partial charge in [-0.1, -0.05) is 39.3 Å². The molecule has 1 saturated heterocycles. The van der Waals surface area contributed by atoms with Crippen molar-refractivity contribution in [1.29, 1.82) is 0 Å². The molecule has 4 unspecified atom stereocenters. The van der Waals surface area contributed by atoms with Crippen LogP contribution in [0.15, 0.2) is 44.9 Å². The lowest BCUT2D eigenvalue weighted by Crippen LogP contribution is -2.41. The van der Waals surface area contributed by atoms with Gasteiger partial charge in [-0.25, -0.2) is 4.39 Å². The van der Waals surface area contributed by atoms with Crippen LogP contribution in [0.2, 0.25) is 0 Å². The molecular weight excluding hydrogens is 421 g/mol. The van der Waals surface area contributed by atoms with Crippen LogP contribution in [0.1, 0.15) is 66.7 Å². The fourth-order valence-corrected chi connectivity index (χ4v) is 5.36. The molecule has 0 radical (unpaired) electrons.